The van der Waals surface area contributed by atoms with Gasteiger partial charge in [0.1, 0.15) is 17.4 Å². The Morgan fingerprint density at radius 1 is 1.08 bits per heavy atom. The summed E-state index contributed by atoms with van der Waals surface area (Å²) in [6.45, 7) is 6.64. The second-order valence-electron chi connectivity index (χ2n) is 10.7. The van der Waals surface area contributed by atoms with E-state index in [-0.39, 0.29) is 41.8 Å². The molecule has 2 aliphatic rings. The lowest BCUT2D eigenvalue weighted by Crippen LogP contribution is -2.47. The highest BCUT2D eigenvalue weighted by Crippen LogP contribution is 2.41. The zero-order valence-electron chi connectivity index (χ0n) is 22.7. The SMILES string of the molecule is COc1ccc(Cl)c(OC)c1C(=O)OCC(C)(C)C(C)(C)COS(=O)(=O)ON1C(=O)N2C[C@H]1CC[C@H]2C(N)=O. The highest BCUT2D eigenvalue weighted by molar-refractivity contribution is 7.81. The van der Waals surface area contributed by atoms with E-state index in [0.717, 1.165) is 0 Å². The van der Waals surface area contributed by atoms with Gasteiger partial charge in [0.2, 0.25) is 5.91 Å². The molecule has 39 heavy (non-hydrogen) atoms. The predicted molar refractivity (Wildman–Crippen MR) is 138 cm³/mol. The van der Waals surface area contributed by atoms with E-state index in [2.05, 4.69) is 0 Å². The number of urea groups is 1. The lowest BCUT2D eigenvalue weighted by atomic mass is 9.69. The maximum atomic E-state index is 13.0. The molecule has 13 nitrogen and oxygen atoms in total. The van der Waals surface area contributed by atoms with Crippen LogP contribution in [0, 0.1) is 10.8 Å². The summed E-state index contributed by atoms with van der Waals surface area (Å²) in [5, 5.41) is 0.912. The minimum Gasteiger partial charge on any atom is -0.496 e. The molecular formula is C24H34ClN3O10S. The Hall–Kier alpha value is -2.81. The number of carbonyl (C=O) groups excluding carboxylic acids is 3. The van der Waals surface area contributed by atoms with E-state index in [0.29, 0.717) is 17.9 Å². The number of fused-ring (bicyclic) bond motifs is 2. The van der Waals surface area contributed by atoms with Crippen molar-refractivity contribution in [2.75, 3.05) is 34.0 Å². The molecule has 0 aromatic heterocycles. The molecule has 0 saturated carbocycles. The highest BCUT2D eigenvalue weighted by Gasteiger charge is 2.49. The summed E-state index contributed by atoms with van der Waals surface area (Å²) in [5.41, 5.74) is 3.68. The van der Waals surface area contributed by atoms with Gasteiger partial charge in [0.05, 0.1) is 38.5 Å². The third-order valence-corrected chi connectivity index (χ3v) is 8.53. The standard InChI is InChI=1S/C24H34ClN3O10S/c1-23(2,12-36-21(30)18-17(34-5)10-8-15(25)19(18)35-6)24(3,4)13-37-39(32,33)38-28-14-7-9-16(20(26)29)27(11-14)22(28)31/h8,10,14,16H,7,9,11-13H2,1-6H3,(H2,26,29)/t14-,16+/m1/s1. The number of primary amides is 1. The van der Waals surface area contributed by atoms with Gasteiger partial charge >= 0.3 is 22.4 Å². The van der Waals surface area contributed by atoms with Crippen LogP contribution < -0.4 is 15.2 Å². The van der Waals surface area contributed by atoms with Crippen molar-refractivity contribution in [3.63, 3.8) is 0 Å². The molecule has 0 radical (unpaired) electrons. The molecule has 3 rings (SSSR count). The van der Waals surface area contributed by atoms with Crippen molar-refractivity contribution in [1.82, 2.24) is 9.96 Å². The van der Waals surface area contributed by atoms with E-state index >= 15 is 0 Å². The number of esters is 1. The number of benzene rings is 1. The van der Waals surface area contributed by atoms with Gasteiger partial charge in [-0.25, -0.2) is 13.8 Å². The average molecular weight is 592 g/mol. The van der Waals surface area contributed by atoms with Gasteiger partial charge in [0.15, 0.2) is 5.75 Å². The molecule has 2 aliphatic heterocycles. The third kappa shape index (κ3) is 6.34. The van der Waals surface area contributed by atoms with Crippen molar-refractivity contribution in [3.05, 3.63) is 22.7 Å². The van der Waals surface area contributed by atoms with Gasteiger partial charge in [-0.2, -0.15) is 13.5 Å². The van der Waals surface area contributed by atoms with E-state index in [1.165, 1.54) is 31.3 Å². The number of amides is 3. The van der Waals surface area contributed by atoms with Gasteiger partial charge < -0.3 is 24.8 Å². The topological polar surface area (TPSA) is 164 Å². The minimum atomic E-state index is -4.66. The maximum absolute atomic E-state index is 13.0. The molecule has 0 spiro atoms. The van der Waals surface area contributed by atoms with E-state index in [1.54, 1.807) is 27.7 Å². The van der Waals surface area contributed by atoms with Crippen molar-refractivity contribution < 1.29 is 45.5 Å². The Morgan fingerprint density at radius 2 is 1.72 bits per heavy atom. The smallest absolute Gasteiger partial charge is 0.421 e. The number of rotatable bonds is 12. The number of hydroxylamine groups is 2. The van der Waals surface area contributed by atoms with Gasteiger partial charge in [-0.1, -0.05) is 39.3 Å². The van der Waals surface area contributed by atoms with Gasteiger partial charge in [0, 0.05) is 12.0 Å². The number of piperidine rings is 1. The number of halogens is 1. The summed E-state index contributed by atoms with van der Waals surface area (Å²) in [4.78, 5) is 38.4. The predicted octanol–water partition coefficient (Wildman–Crippen LogP) is 2.51. The second kappa shape index (κ2) is 11.4. The average Bonchev–Trinajstić information content (AvgIpc) is 3.09. The second-order valence-corrected chi connectivity index (χ2v) is 12.3. The van der Waals surface area contributed by atoms with Crippen LogP contribution in [0.3, 0.4) is 0 Å². The first-order valence-electron chi connectivity index (χ1n) is 12.1. The summed E-state index contributed by atoms with van der Waals surface area (Å²) in [7, 11) is -1.91. The Morgan fingerprint density at radius 3 is 2.31 bits per heavy atom. The van der Waals surface area contributed by atoms with Crippen molar-refractivity contribution in [1.29, 1.82) is 0 Å². The zero-order valence-corrected chi connectivity index (χ0v) is 24.3. The van der Waals surface area contributed by atoms with Gasteiger partial charge in [-0.05, 0) is 30.4 Å². The van der Waals surface area contributed by atoms with E-state index in [1.807, 2.05) is 0 Å². The van der Waals surface area contributed by atoms with Crippen molar-refractivity contribution >= 4 is 39.9 Å². The molecular weight excluding hydrogens is 558 g/mol. The largest absolute Gasteiger partial charge is 0.496 e. The maximum Gasteiger partial charge on any atom is 0.421 e. The number of methoxy groups -OCH3 is 2. The lowest BCUT2D eigenvalue weighted by molar-refractivity contribution is -0.122. The Labute approximate surface area is 232 Å². The summed E-state index contributed by atoms with van der Waals surface area (Å²) >= 11 is 6.15. The lowest BCUT2D eigenvalue weighted by Gasteiger charge is -2.40. The number of carbonyl (C=O) groups is 3. The first-order chi connectivity index (χ1) is 18.0. The number of nitrogens with two attached hydrogens (primary N) is 1. The van der Waals surface area contributed by atoms with E-state index in [9.17, 15) is 22.8 Å². The molecule has 2 atom stereocenters. The summed E-state index contributed by atoms with van der Waals surface area (Å²) in [6, 6.07) is 0.890. The fourth-order valence-corrected chi connectivity index (χ4v) is 5.28. The van der Waals surface area contributed by atoms with Crippen LogP contribution in [-0.4, -0.2) is 82.4 Å². The molecule has 3 amide bonds. The van der Waals surface area contributed by atoms with Crippen molar-refractivity contribution in [2.24, 2.45) is 16.6 Å². The normalized spacial score (nSPS) is 19.7. The van der Waals surface area contributed by atoms with Crippen molar-refractivity contribution in [3.8, 4) is 11.5 Å². The zero-order chi connectivity index (χ0) is 29.3. The molecule has 2 bridgehead atoms. The van der Waals surface area contributed by atoms with E-state index in [4.69, 9.17) is 40.0 Å². The minimum absolute atomic E-state index is 0.0168. The Balaban J connectivity index is 1.64. The molecule has 0 unspecified atom stereocenters. The molecule has 2 N–H and O–H groups in total. The quantitative estimate of drug-likeness (QED) is 0.357. The fraction of sp³-hybridized carbons (Fsp3) is 0.625. The number of hydrogen-bond acceptors (Lipinski definition) is 10. The molecule has 0 aliphatic carbocycles. The van der Waals surface area contributed by atoms with Crippen LogP contribution >= 0.6 is 11.6 Å². The van der Waals surface area contributed by atoms with Crippen LogP contribution in [0.5, 0.6) is 11.5 Å². The van der Waals surface area contributed by atoms with Gasteiger partial charge in [-0.15, -0.1) is 4.28 Å². The van der Waals surface area contributed by atoms with Crippen LogP contribution in [0.1, 0.15) is 50.9 Å². The Kier molecular flexibility index (Phi) is 8.95. The summed E-state index contributed by atoms with van der Waals surface area (Å²) in [5.74, 6) is -1.09. The third-order valence-electron chi connectivity index (χ3n) is 7.48. The first kappa shape index (κ1) is 30.7. The number of nitrogens with zero attached hydrogens (tertiary/aromatic N) is 2. The van der Waals surface area contributed by atoms with Gasteiger partial charge in [0.25, 0.3) is 0 Å². The van der Waals surface area contributed by atoms with Crippen molar-refractivity contribution in [2.45, 2.75) is 52.6 Å². The molecule has 1 aromatic carbocycles. The number of ether oxygens (including phenoxy) is 3. The summed E-state index contributed by atoms with van der Waals surface area (Å²) in [6.07, 6.45) is 0.650. The van der Waals surface area contributed by atoms with E-state index < -0.39 is 51.2 Å². The molecule has 15 heteroatoms. The first-order valence-corrected chi connectivity index (χ1v) is 13.8. The molecule has 2 fully saturated rings. The fourth-order valence-electron chi connectivity index (χ4n) is 4.18. The van der Waals surface area contributed by atoms with Crippen LogP contribution in [0.25, 0.3) is 0 Å². The van der Waals surface area contributed by atoms with Crippen LogP contribution in [0.2, 0.25) is 5.02 Å². The van der Waals surface area contributed by atoms with Crippen LogP contribution in [0.15, 0.2) is 12.1 Å². The Bertz CT molecular complexity index is 1240. The van der Waals surface area contributed by atoms with Crippen LogP contribution in [0.4, 0.5) is 4.79 Å². The molecule has 2 saturated heterocycles. The van der Waals surface area contributed by atoms with Gasteiger partial charge in [-0.3, -0.25) is 4.79 Å². The molecule has 218 valence electrons. The molecule has 1 aromatic rings. The highest BCUT2D eigenvalue weighted by atomic mass is 35.5. The van der Waals surface area contributed by atoms with Crippen LogP contribution in [-0.2, 0) is 28.4 Å². The number of hydrogen-bond donors (Lipinski definition) is 1. The monoisotopic (exact) mass is 591 g/mol. The summed E-state index contributed by atoms with van der Waals surface area (Å²) < 4.78 is 51.5. The molecule has 2 heterocycles.